The second kappa shape index (κ2) is 10.5. The van der Waals surface area contributed by atoms with Gasteiger partial charge in [-0.25, -0.2) is 0 Å². The molecule has 0 amide bonds. The van der Waals surface area contributed by atoms with Crippen molar-refractivity contribution in [3.05, 3.63) is 12.7 Å². The number of hydrogen-bond donors (Lipinski definition) is 1. The zero-order valence-electron chi connectivity index (χ0n) is 5.09. The maximum absolute atomic E-state index is 9.51. The second-order valence-electron chi connectivity index (χ2n) is 0.868. The van der Waals surface area contributed by atoms with Gasteiger partial charge in [0, 0.05) is 32.7 Å². The predicted molar refractivity (Wildman–Crippen MR) is 28.2 cm³/mol. The van der Waals surface area contributed by atoms with Gasteiger partial charge in [0.1, 0.15) is 0 Å². The molecule has 4 heteroatoms. The van der Waals surface area contributed by atoms with Gasteiger partial charge in [-0.1, -0.05) is 0 Å². The summed E-state index contributed by atoms with van der Waals surface area (Å²) in [6.45, 7) is -0.0833. The topological polar surface area (TPSA) is 51.4 Å². The maximum atomic E-state index is 9.51. The van der Waals surface area contributed by atoms with Crippen molar-refractivity contribution < 1.29 is 42.6 Å². The van der Waals surface area contributed by atoms with Crippen LogP contribution in [0.4, 0.5) is 0 Å². The molecule has 0 saturated heterocycles. The van der Waals surface area contributed by atoms with Gasteiger partial charge in [0.2, 0.25) is 0 Å². The SMILES string of the molecule is C[N-]CC(=O)O.[CH3-].[Y]. The Labute approximate surface area is 74.7 Å². The van der Waals surface area contributed by atoms with Gasteiger partial charge in [-0.3, -0.25) is 4.79 Å². The summed E-state index contributed by atoms with van der Waals surface area (Å²) in [4.78, 5) is 9.51. The number of carboxylic acids is 1. The second-order valence-corrected chi connectivity index (χ2v) is 0.868. The average molecular weight is 192 g/mol. The normalized spacial score (nSPS) is 6.12. The third-order valence-electron chi connectivity index (χ3n) is 0.293. The van der Waals surface area contributed by atoms with Crippen LogP contribution in [0.5, 0.6) is 0 Å². The van der Waals surface area contributed by atoms with Gasteiger partial charge >= 0.3 is 0 Å². The molecule has 8 heavy (non-hydrogen) atoms. The molecular formula is C4H9NO2Y-2. The van der Waals surface area contributed by atoms with E-state index in [0.717, 1.165) is 0 Å². The van der Waals surface area contributed by atoms with Gasteiger partial charge in [0.25, 0.3) is 5.97 Å². The Hall–Kier alpha value is 0.534. The Bertz CT molecular complexity index is 58.0. The molecule has 0 heterocycles. The summed E-state index contributed by atoms with van der Waals surface area (Å²) in [5.74, 6) is -0.877. The van der Waals surface area contributed by atoms with E-state index in [9.17, 15) is 4.79 Å². The summed E-state index contributed by atoms with van der Waals surface area (Å²) in [5.41, 5.74) is 0. The van der Waals surface area contributed by atoms with Crippen LogP contribution in [-0.2, 0) is 37.5 Å². The minimum absolute atomic E-state index is 0. The number of rotatable bonds is 2. The van der Waals surface area contributed by atoms with E-state index >= 15 is 0 Å². The number of aliphatic carboxylic acids is 1. The summed E-state index contributed by atoms with van der Waals surface area (Å²) < 4.78 is 0. The molecule has 0 unspecified atom stereocenters. The largest absolute Gasteiger partial charge is 0.656 e. The number of likely N-dealkylation sites (N-methyl/N-ethyl adjacent to an activating group) is 1. The van der Waals surface area contributed by atoms with Crippen LogP contribution in [0.25, 0.3) is 5.32 Å². The van der Waals surface area contributed by atoms with Gasteiger partial charge in [-0.2, -0.15) is 7.05 Å². The van der Waals surface area contributed by atoms with Crippen molar-refractivity contribution in [3.63, 3.8) is 0 Å². The Morgan fingerprint density at radius 2 is 2.12 bits per heavy atom. The van der Waals surface area contributed by atoms with Crippen LogP contribution in [0, 0.1) is 7.43 Å². The smallest absolute Gasteiger partial charge is 0.282 e. The fourth-order valence-corrected chi connectivity index (χ4v) is 0.135. The standard InChI is InChI=1S/C3H6NO2.CH3.Y/c1-4-2-3(5)6;;/h2H2,1H3,(H,5,6);1H3;/q2*-1;. The third kappa shape index (κ3) is 16.0. The van der Waals surface area contributed by atoms with Crippen LogP contribution in [0.3, 0.4) is 0 Å². The number of carboxylic acid groups (broad SMARTS) is 1. The first-order valence-corrected chi connectivity index (χ1v) is 1.54. The van der Waals surface area contributed by atoms with Crippen LogP contribution >= 0.6 is 0 Å². The molecule has 0 aliphatic rings. The van der Waals surface area contributed by atoms with E-state index in [1.54, 1.807) is 0 Å². The molecule has 0 aliphatic heterocycles. The van der Waals surface area contributed by atoms with Crippen molar-refractivity contribution in [2.24, 2.45) is 0 Å². The van der Waals surface area contributed by atoms with Crippen molar-refractivity contribution in [2.45, 2.75) is 0 Å². The van der Waals surface area contributed by atoms with Crippen LogP contribution in [0.1, 0.15) is 0 Å². The van der Waals surface area contributed by atoms with Gasteiger partial charge in [-0.15, -0.1) is 0 Å². The van der Waals surface area contributed by atoms with Gasteiger partial charge < -0.3 is 17.8 Å². The van der Waals surface area contributed by atoms with E-state index in [2.05, 4.69) is 5.32 Å². The third-order valence-corrected chi connectivity index (χ3v) is 0.293. The fourth-order valence-electron chi connectivity index (χ4n) is 0.135. The Morgan fingerprint density at radius 1 is 1.75 bits per heavy atom. The first-order chi connectivity index (χ1) is 2.77. The van der Waals surface area contributed by atoms with E-state index in [4.69, 9.17) is 5.11 Å². The van der Waals surface area contributed by atoms with Crippen molar-refractivity contribution >= 4 is 5.97 Å². The molecule has 0 atom stereocenters. The molecule has 0 aliphatic carbocycles. The monoisotopic (exact) mass is 192 g/mol. The molecule has 0 saturated carbocycles. The Morgan fingerprint density at radius 3 is 2.12 bits per heavy atom. The molecule has 0 bridgehead atoms. The maximum Gasteiger partial charge on any atom is 0.282 e. The first kappa shape index (κ1) is 15.8. The van der Waals surface area contributed by atoms with Crippen LogP contribution < -0.4 is 0 Å². The van der Waals surface area contributed by atoms with E-state index < -0.39 is 5.97 Å². The van der Waals surface area contributed by atoms with Gasteiger partial charge in [-0.05, 0) is 6.54 Å². The summed E-state index contributed by atoms with van der Waals surface area (Å²) >= 11 is 0. The van der Waals surface area contributed by atoms with Crippen molar-refractivity contribution in [1.29, 1.82) is 0 Å². The molecular weight excluding hydrogens is 183 g/mol. The molecule has 0 rings (SSSR count). The first-order valence-electron chi connectivity index (χ1n) is 1.54. The number of nitrogens with zero attached hydrogens (tertiary/aromatic N) is 1. The summed E-state index contributed by atoms with van der Waals surface area (Å²) in [6, 6.07) is 0. The molecule has 0 aromatic carbocycles. The van der Waals surface area contributed by atoms with Gasteiger partial charge in [0.15, 0.2) is 0 Å². The van der Waals surface area contributed by atoms with Crippen molar-refractivity contribution in [1.82, 2.24) is 0 Å². The molecule has 0 aromatic heterocycles. The molecule has 1 N–H and O–H groups in total. The minimum Gasteiger partial charge on any atom is -0.656 e. The molecule has 1 radical (unpaired) electrons. The quantitative estimate of drug-likeness (QED) is 0.648. The predicted octanol–water partition coefficient (Wildman–Crippen LogP) is 0.522. The molecule has 0 spiro atoms. The zero-order valence-corrected chi connectivity index (χ0v) is 7.93. The van der Waals surface area contributed by atoms with Crippen molar-refractivity contribution in [3.8, 4) is 0 Å². The summed E-state index contributed by atoms with van der Waals surface area (Å²) in [5, 5.41) is 11.2. The van der Waals surface area contributed by atoms with Crippen LogP contribution in [0.15, 0.2) is 0 Å². The zero-order chi connectivity index (χ0) is 4.99. The van der Waals surface area contributed by atoms with E-state index in [1.165, 1.54) is 7.05 Å². The van der Waals surface area contributed by atoms with E-state index in [0.29, 0.717) is 0 Å². The van der Waals surface area contributed by atoms with Crippen LogP contribution in [-0.4, -0.2) is 24.7 Å². The van der Waals surface area contributed by atoms with Crippen molar-refractivity contribution in [2.75, 3.05) is 13.6 Å². The molecule has 0 aromatic rings. The fraction of sp³-hybridized carbons (Fsp3) is 0.500. The number of carbonyl (C=O) groups is 1. The summed E-state index contributed by atoms with van der Waals surface area (Å²) in [7, 11) is 1.47. The molecule has 47 valence electrons. The van der Waals surface area contributed by atoms with Gasteiger partial charge in [0.05, 0.1) is 0 Å². The molecule has 3 nitrogen and oxygen atoms in total. The average Bonchev–Trinajstić information content (AvgIpc) is 1.35. The number of hydrogen-bond acceptors (Lipinski definition) is 1. The van der Waals surface area contributed by atoms with E-state index in [1.807, 2.05) is 0 Å². The Kier molecular flexibility index (Phi) is 20.8. The Balaban J connectivity index is -0.000000125. The summed E-state index contributed by atoms with van der Waals surface area (Å²) in [6.07, 6.45) is 0. The minimum atomic E-state index is -0.877. The molecule has 0 fully saturated rings. The van der Waals surface area contributed by atoms with E-state index in [-0.39, 0.29) is 46.7 Å². The van der Waals surface area contributed by atoms with Crippen LogP contribution in [0.2, 0.25) is 0 Å².